The predicted molar refractivity (Wildman–Crippen MR) is 455 cm³/mol. The molecule has 0 aromatic rings. The molecular formula is C86H180O14Si4. The molecule has 0 aromatic heterocycles. The van der Waals surface area contributed by atoms with Gasteiger partial charge in [0.05, 0.1) is 60.1 Å². The fourth-order valence-corrected chi connectivity index (χ4v) is 30.7. The fourth-order valence-electron chi connectivity index (χ4n) is 12.5. The van der Waals surface area contributed by atoms with Crippen LogP contribution in [0.1, 0.15) is 336 Å². The smallest absolute Gasteiger partial charge is 0.311 e. The molecule has 0 aliphatic rings. The molecule has 0 atom stereocenters. The summed E-state index contributed by atoms with van der Waals surface area (Å²) in [6.45, 7) is 93.6. The molecular weight excluding hydrogens is 1370 g/mol. The molecule has 0 saturated carbocycles. The van der Waals surface area contributed by atoms with Crippen LogP contribution in [0.4, 0.5) is 0 Å². The predicted octanol–water partition coefficient (Wildman–Crippen LogP) is 25.7. The van der Waals surface area contributed by atoms with Gasteiger partial charge < -0.3 is 41.4 Å². The Bertz CT molecular complexity index is 2250. The molecule has 14 nitrogen and oxygen atoms in total. The van der Waals surface area contributed by atoms with Gasteiger partial charge in [0, 0.05) is 26.4 Å². The van der Waals surface area contributed by atoms with Gasteiger partial charge in [0.15, 0.2) is 33.3 Å². The number of hydrogen-bond acceptors (Lipinski definition) is 14. The lowest BCUT2D eigenvalue weighted by molar-refractivity contribution is -0.157. The Hall–Kier alpha value is -1.94. The van der Waals surface area contributed by atoms with Gasteiger partial charge >= 0.3 is 29.8 Å². The minimum atomic E-state index is -1.84. The molecule has 0 spiro atoms. The summed E-state index contributed by atoms with van der Waals surface area (Å²) < 4.78 is 52.5. The van der Waals surface area contributed by atoms with Crippen molar-refractivity contribution in [3.05, 3.63) is 0 Å². The molecule has 0 saturated heterocycles. The van der Waals surface area contributed by atoms with Crippen LogP contribution < -0.4 is 0 Å². The first-order valence-corrected chi connectivity index (χ1v) is 50.7. The third-order valence-corrected chi connectivity index (χ3v) is 47.8. The van der Waals surface area contributed by atoms with Crippen molar-refractivity contribution in [2.45, 2.75) is 410 Å². The van der Waals surface area contributed by atoms with E-state index in [0.29, 0.717) is 89.2 Å². The zero-order valence-corrected chi connectivity index (χ0v) is 81.1. The van der Waals surface area contributed by atoms with Crippen LogP contribution in [0.15, 0.2) is 0 Å². The number of hydrogen-bond donors (Lipinski definition) is 0. The second kappa shape index (κ2) is 52.3. The first kappa shape index (κ1) is 111. The first-order valence-electron chi connectivity index (χ1n) is 41.6. The van der Waals surface area contributed by atoms with Crippen LogP contribution >= 0.6 is 0 Å². The van der Waals surface area contributed by atoms with Crippen molar-refractivity contribution in [2.24, 2.45) is 62.6 Å². The molecule has 0 rings (SSSR count). The van der Waals surface area contributed by atoms with Crippen LogP contribution in [0.5, 0.6) is 0 Å². The summed E-state index contributed by atoms with van der Waals surface area (Å²) in [6, 6.07) is 4.23. The van der Waals surface area contributed by atoms with Gasteiger partial charge in [0.25, 0.3) is 0 Å². The fraction of sp³-hybridized carbons (Fsp3) is 0.942. The number of carbonyl (C=O) groups is 5. The average molecular weight is 1550 g/mol. The first-order chi connectivity index (χ1) is 47.2. The SMILES string of the molecule is CC(C)CCCOC(=O)C(C)(C)C(C)C.CC(C)O[Si](CCCOC(=O)C(C)(C)C(C)C)(C(C)C)C(C)C.CCCO[Si](CCCOC(=O)C(C)(C)C(C)C)(C(C)C)C(C)C.CCO[Si](CCCOC(=O)C(C)(C)C(C)C)(C(C)C)C(C)C.CO[Si](CCCOC(=O)C(C)(C)C(C)C)(C(C)C)C(C)C. The van der Waals surface area contributed by atoms with E-state index in [0.717, 1.165) is 82.3 Å². The minimum absolute atomic E-state index is 0.0683. The quantitative estimate of drug-likeness (QED) is 0.0244. The standard InChI is InChI=1S/2C19H40O3Si.C18H38O3Si.C17H36O3Si.C13H26O2/c1-14(2)19(9,10)18(20)21-12-11-13-23(16(5)6,17(7)8)22-15(3)4;1-10-12-22-23(16(4)5,17(6)7)14-11-13-21-18(20)19(8,9)15(2)3;1-10-21-22(15(4)5,16(6)7)13-11-12-20-17(19)18(8,9)14(2)3;1-13(2)17(7,8)16(18)20-11-10-12-21(19-9,14(3)4)15(5)6;1-10(2)8-7-9-15-12(14)13(5,6)11(3)4/h14-17H,11-13H2,1-10H3;15-17H,10-14H2,1-9H3;14-16H,10-13H2,1-9H3;13-15H,10-12H2,1-9H3;10-11H,7-9H2,1-6H3. The molecule has 0 bridgehead atoms. The second-order valence-electron chi connectivity index (χ2n) is 37.7. The van der Waals surface area contributed by atoms with E-state index in [1.807, 2.05) is 76.3 Å². The molecule has 18 heteroatoms. The van der Waals surface area contributed by atoms with Crippen LogP contribution in [0, 0.1) is 62.6 Å². The van der Waals surface area contributed by atoms with Crippen LogP contribution in [0.25, 0.3) is 0 Å². The van der Waals surface area contributed by atoms with E-state index < -0.39 is 54.9 Å². The maximum atomic E-state index is 12.2. The molecule has 624 valence electrons. The lowest BCUT2D eigenvalue weighted by Gasteiger charge is -2.40. The monoisotopic (exact) mass is 1550 g/mol. The summed E-state index contributed by atoms with van der Waals surface area (Å²) in [5.41, 5.74) is 2.58. The normalized spacial score (nSPS) is 13.2. The summed E-state index contributed by atoms with van der Waals surface area (Å²) in [6.07, 6.45) is 7.02. The number of esters is 5. The Labute approximate surface area is 651 Å². The van der Waals surface area contributed by atoms with E-state index in [4.69, 9.17) is 41.4 Å². The van der Waals surface area contributed by atoms with E-state index in [1.165, 1.54) is 0 Å². The van der Waals surface area contributed by atoms with E-state index in [2.05, 4.69) is 222 Å². The van der Waals surface area contributed by atoms with Crippen LogP contribution in [0.2, 0.25) is 68.5 Å². The van der Waals surface area contributed by atoms with E-state index in [-0.39, 0.29) is 65.0 Å². The van der Waals surface area contributed by atoms with Crippen LogP contribution in [-0.2, 0) is 65.4 Å². The van der Waals surface area contributed by atoms with Gasteiger partial charge in [-0.15, -0.1) is 0 Å². The maximum Gasteiger partial charge on any atom is 0.311 e. The molecule has 0 N–H and O–H groups in total. The van der Waals surface area contributed by atoms with Crippen LogP contribution in [-0.4, -0.2) is 123 Å². The highest BCUT2D eigenvalue weighted by Crippen LogP contribution is 2.43. The zero-order chi connectivity index (χ0) is 83.1. The highest BCUT2D eigenvalue weighted by Gasteiger charge is 2.46. The summed E-state index contributed by atoms with van der Waals surface area (Å²) in [4.78, 5) is 60.5. The molecule has 0 heterocycles. The van der Waals surface area contributed by atoms with E-state index >= 15 is 0 Å². The molecule has 0 aliphatic carbocycles. The van der Waals surface area contributed by atoms with Gasteiger partial charge in [0.1, 0.15) is 0 Å². The van der Waals surface area contributed by atoms with Crippen molar-refractivity contribution in [3.63, 3.8) is 0 Å². The molecule has 0 aliphatic heterocycles. The third kappa shape index (κ3) is 37.4. The minimum Gasteiger partial charge on any atom is -0.465 e. The van der Waals surface area contributed by atoms with Gasteiger partial charge in [-0.2, -0.15) is 0 Å². The average Bonchev–Trinajstić information content (AvgIpc) is 0.844. The summed E-state index contributed by atoms with van der Waals surface area (Å²) in [5, 5.41) is 0. The van der Waals surface area contributed by atoms with Gasteiger partial charge in [-0.25, -0.2) is 0 Å². The Morgan fingerprint density at radius 2 is 0.500 bits per heavy atom. The zero-order valence-electron chi connectivity index (χ0n) is 77.1. The molecule has 0 fully saturated rings. The molecule has 0 aromatic carbocycles. The van der Waals surface area contributed by atoms with Crippen molar-refractivity contribution in [3.8, 4) is 0 Å². The number of rotatable bonds is 46. The third-order valence-electron chi connectivity index (χ3n) is 24.4. The summed E-state index contributed by atoms with van der Waals surface area (Å²) >= 11 is 0. The van der Waals surface area contributed by atoms with Crippen molar-refractivity contribution in [1.29, 1.82) is 0 Å². The number of carbonyl (C=O) groups excluding carboxylic acids is 5. The van der Waals surface area contributed by atoms with Gasteiger partial charge in [-0.1, -0.05) is 201 Å². The van der Waals surface area contributed by atoms with Crippen molar-refractivity contribution < 1.29 is 65.4 Å². The van der Waals surface area contributed by atoms with E-state index in [1.54, 1.807) is 0 Å². The summed E-state index contributed by atoms with van der Waals surface area (Å²) in [7, 11) is -5.34. The van der Waals surface area contributed by atoms with Gasteiger partial charge in [0.2, 0.25) is 0 Å². The van der Waals surface area contributed by atoms with Crippen molar-refractivity contribution in [2.75, 3.05) is 53.4 Å². The molecule has 104 heavy (non-hydrogen) atoms. The topological polar surface area (TPSA) is 168 Å². The molecule has 0 unspecified atom stereocenters. The number of ether oxygens (including phenoxy) is 5. The highest BCUT2D eigenvalue weighted by atomic mass is 28.4. The Morgan fingerprint density at radius 1 is 0.288 bits per heavy atom. The maximum absolute atomic E-state index is 12.2. The van der Waals surface area contributed by atoms with Gasteiger partial charge in [-0.05, 0) is 239 Å². The molecule has 0 amide bonds. The van der Waals surface area contributed by atoms with Gasteiger partial charge in [-0.3, -0.25) is 24.0 Å². The second-order valence-corrected chi connectivity index (χ2v) is 57.8. The largest absolute Gasteiger partial charge is 0.465 e. The van der Waals surface area contributed by atoms with Crippen LogP contribution in [0.3, 0.4) is 0 Å². The van der Waals surface area contributed by atoms with Crippen molar-refractivity contribution in [1.82, 2.24) is 0 Å². The lowest BCUT2D eigenvalue weighted by atomic mass is 9.81. The Balaban J connectivity index is -0.000000395. The Morgan fingerprint density at radius 3 is 0.683 bits per heavy atom. The molecule has 0 radical (unpaired) electrons. The Kier molecular flexibility index (Phi) is 55.7. The summed E-state index contributed by atoms with van der Waals surface area (Å²) in [5.74, 6) is 1.71. The van der Waals surface area contributed by atoms with Crippen molar-refractivity contribution >= 4 is 63.1 Å². The lowest BCUT2D eigenvalue weighted by Crippen LogP contribution is -2.46. The highest BCUT2D eigenvalue weighted by molar-refractivity contribution is 6.77. The van der Waals surface area contributed by atoms with E-state index in [9.17, 15) is 24.0 Å².